The molecular weight excluding hydrogens is 228 g/mol. The Kier molecular flexibility index (Phi) is 4.14. The first kappa shape index (κ1) is 12.8. The molecule has 1 aromatic carbocycles. The number of nitrogens with one attached hydrogen (secondary N) is 1. The highest BCUT2D eigenvalue weighted by atomic mass is 32.2. The molecular formula is C10H16N2O3S. The molecule has 0 fully saturated rings. The van der Waals surface area contributed by atoms with E-state index in [1.807, 2.05) is 31.3 Å². The second-order valence-electron chi connectivity index (χ2n) is 3.50. The van der Waals surface area contributed by atoms with Crippen molar-refractivity contribution in [3.05, 3.63) is 24.3 Å². The van der Waals surface area contributed by atoms with Gasteiger partial charge < -0.3 is 10.2 Å². The summed E-state index contributed by atoms with van der Waals surface area (Å²) in [6, 6.07) is 7.57. The fourth-order valence-corrected chi connectivity index (χ4v) is 1.77. The molecule has 0 unspecified atom stereocenters. The molecule has 0 saturated heterocycles. The number of hydrogen-bond acceptors (Lipinski definition) is 4. The lowest BCUT2D eigenvalue weighted by Crippen LogP contribution is -2.24. The van der Waals surface area contributed by atoms with E-state index in [0.717, 1.165) is 11.4 Å². The Morgan fingerprint density at radius 3 is 2.31 bits per heavy atom. The normalized spacial score (nSPS) is 11.2. The van der Waals surface area contributed by atoms with E-state index in [2.05, 4.69) is 5.32 Å². The Balaban J connectivity index is 2.62. The predicted molar refractivity (Wildman–Crippen MR) is 65.7 cm³/mol. The molecule has 0 amide bonds. The van der Waals surface area contributed by atoms with E-state index in [9.17, 15) is 8.42 Å². The van der Waals surface area contributed by atoms with Crippen molar-refractivity contribution in [2.45, 2.75) is 0 Å². The van der Waals surface area contributed by atoms with Gasteiger partial charge in [-0.2, -0.15) is 8.42 Å². The summed E-state index contributed by atoms with van der Waals surface area (Å²) < 4.78 is 29.8. The van der Waals surface area contributed by atoms with Crippen LogP contribution in [0.4, 0.5) is 11.4 Å². The Morgan fingerprint density at radius 1 is 1.31 bits per heavy atom. The van der Waals surface area contributed by atoms with E-state index in [1.165, 1.54) is 0 Å². The zero-order valence-electron chi connectivity index (χ0n) is 9.34. The molecule has 0 aliphatic carbocycles. The van der Waals surface area contributed by atoms with Crippen molar-refractivity contribution in [1.82, 2.24) is 0 Å². The maximum Gasteiger partial charge on any atom is 0.266 e. The van der Waals surface area contributed by atoms with Crippen LogP contribution in [0.1, 0.15) is 0 Å². The molecule has 0 aromatic heterocycles. The van der Waals surface area contributed by atoms with Crippen molar-refractivity contribution in [1.29, 1.82) is 0 Å². The first-order valence-electron chi connectivity index (χ1n) is 4.86. The molecule has 0 bridgehead atoms. The SMILES string of the molecule is CNc1ccc(N(C)CCS(=O)(=O)O)cc1. The van der Waals surface area contributed by atoms with Crippen LogP contribution in [0.3, 0.4) is 0 Å². The van der Waals surface area contributed by atoms with Gasteiger partial charge in [-0.25, -0.2) is 0 Å². The summed E-state index contributed by atoms with van der Waals surface area (Å²) >= 11 is 0. The van der Waals surface area contributed by atoms with Crippen molar-refractivity contribution in [3.63, 3.8) is 0 Å². The van der Waals surface area contributed by atoms with Gasteiger partial charge in [0.15, 0.2) is 0 Å². The molecule has 1 aromatic rings. The number of hydrogen-bond donors (Lipinski definition) is 2. The highest BCUT2D eigenvalue weighted by Crippen LogP contribution is 2.16. The van der Waals surface area contributed by atoms with Crippen molar-refractivity contribution < 1.29 is 13.0 Å². The van der Waals surface area contributed by atoms with Gasteiger partial charge in [-0.1, -0.05) is 0 Å². The number of anilines is 2. The van der Waals surface area contributed by atoms with Crippen LogP contribution in [0.15, 0.2) is 24.3 Å². The molecule has 0 aliphatic rings. The molecule has 6 heteroatoms. The maximum atomic E-state index is 10.6. The zero-order chi connectivity index (χ0) is 12.2. The van der Waals surface area contributed by atoms with Gasteiger partial charge in [0.1, 0.15) is 0 Å². The van der Waals surface area contributed by atoms with Gasteiger partial charge in [-0.05, 0) is 24.3 Å². The third kappa shape index (κ3) is 4.08. The average molecular weight is 244 g/mol. The van der Waals surface area contributed by atoms with Crippen LogP contribution in [-0.2, 0) is 10.1 Å². The van der Waals surface area contributed by atoms with E-state index in [-0.39, 0.29) is 12.3 Å². The summed E-state index contributed by atoms with van der Waals surface area (Å²) in [7, 11) is -0.286. The monoisotopic (exact) mass is 244 g/mol. The lowest BCUT2D eigenvalue weighted by atomic mass is 10.2. The molecule has 0 heterocycles. The van der Waals surface area contributed by atoms with Crippen LogP contribution >= 0.6 is 0 Å². The van der Waals surface area contributed by atoms with E-state index in [0.29, 0.717) is 0 Å². The van der Waals surface area contributed by atoms with Gasteiger partial charge >= 0.3 is 0 Å². The van der Waals surface area contributed by atoms with Crippen molar-refractivity contribution >= 4 is 21.5 Å². The fourth-order valence-electron chi connectivity index (χ4n) is 1.26. The highest BCUT2D eigenvalue weighted by molar-refractivity contribution is 7.85. The Morgan fingerprint density at radius 2 is 1.88 bits per heavy atom. The fraction of sp³-hybridized carbons (Fsp3) is 0.400. The van der Waals surface area contributed by atoms with Crippen LogP contribution in [0.5, 0.6) is 0 Å². The Bertz CT molecular complexity index is 428. The summed E-state index contributed by atoms with van der Waals surface area (Å²) in [4.78, 5) is 1.77. The predicted octanol–water partition coefficient (Wildman–Crippen LogP) is 1.05. The van der Waals surface area contributed by atoms with E-state index >= 15 is 0 Å². The number of rotatable bonds is 5. The average Bonchev–Trinajstić information content (AvgIpc) is 2.25. The van der Waals surface area contributed by atoms with Gasteiger partial charge in [-0.3, -0.25) is 4.55 Å². The molecule has 5 nitrogen and oxygen atoms in total. The third-order valence-electron chi connectivity index (χ3n) is 2.28. The molecule has 0 radical (unpaired) electrons. The quantitative estimate of drug-likeness (QED) is 0.758. The molecule has 0 atom stereocenters. The molecule has 1 rings (SSSR count). The van der Waals surface area contributed by atoms with E-state index < -0.39 is 10.1 Å². The Hall–Kier alpha value is -1.27. The summed E-state index contributed by atoms with van der Waals surface area (Å²) in [6.07, 6.45) is 0. The smallest absolute Gasteiger partial charge is 0.266 e. The molecule has 90 valence electrons. The van der Waals surface area contributed by atoms with Crippen LogP contribution in [0.25, 0.3) is 0 Å². The molecule has 0 aliphatic heterocycles. The van der Waals surface area contributed by atoms with Gasteiger partial charge in [0, 0.05) is 32.0 Å². The summed E-state index contributed by atoms with van der Waals surface area (Å²) in [5.41, 5.74) is 1.90. The van der Waals surface area contributed by atoms with Gasteiger partial charge in [-0.15, -0.1) is 0 Å². The number of nitrogens with zero attached hydrogens (tertiary/aromatic N) is 1. The minimum absolute atomic E-state index is 0.262. The van der Waals surface area contributed by atoms with Crippen LogP contribution < -0.4 is 10.2 Å². The van der Waals surface area contributed by atoms with E-state index in [1.54, 1.807) is 11.9 Å². The van der Waals surface area contributed by atoms with Gasteiger partial charge in [0.2, 0.25) is 0 Å². The number of benzene rings is 1. The summed E-state index contributed by atoms with van der Waals surface area (Å²) in [6.45, 7) is 0.262. The first-order chi connectivity index (χ1) is 7.42. The van der Waals surface area contributed by atoms with Crippen molar-refractivity contribution in [3.8, 4) is 0 Å². The molecule has 0 spiro atoms. The van der Waals surface area contributed by atoms with Crippen molar-refractivity contribution in [2.75, 3.05) is 36.6 Å². The second-order valence-corrected chi connectivity index (χ2v) is 5.08. The largest absolute Gasteiger partial charge is 0.388 e. The zero-order valence-corrected chi connectivity index (χ0v) is 10.2. The summed E-state index contributed by atoms with van der Waals surface area (Å²) in [5, 5.41) is 2.99. The van der Waals surface area contributed by atoms with Crippen LogP contribution in [0, 0.1) is 0 Å². The lowest BCUT2D eigenvalue weighted by molar-refractivity contribution is 0.483. The highest BCUT2D eigenvalue weighted by Gasteiger charge is 2.07. The Labute approximate surface area is 95.8 Å². The van der Waals surface area contributed by atoms with Gasteiger partial charge in [0.25, 0.3) is 10.1 Å². The minimum Gasteiger partial charge on any atom is -0.388 e. The second kappa shape index (κ2) is 5.18. The topological polar surface area (TPSA) is 69.6 Å². The first-order valence-corrected chi connectivity index (χ1v) is 6.47. The standard InChI is InChI=1S/C10H16N2O3S/c1-11-9-3-5-10(6-4-9)12(2)7-8-16(13,14)15/h3-6,11H,7-8H2,1-2H3,(H,13,14,15). The van der Waals surface area contributed by atoms with E-state index in [4.69, 9.17) is 4.55 Å². The lowest BCUT2D eigenvalue weighted by Gasteiger charge is -2.18. The maximum absolute atomic E-state index is 10.6. The van der Waals surface area contributed by atoms with Crippen molar-refractivity contribution in [2.24, 2.45) is 0 Å². The molecule has 2 N–H and O–H groups in total. The minimum atomic E-state index is -3.89. The van der Waals surface area contributed by atoms with Gasteiger partial charge in [0.05, 0.1) is 5.75 Å². The summed E-state index contributed by atoms with van der Waals surface area (Å²) in [5.74, 6) is -0.267. The molecule has 0 saturated carbocycles. The third-order valence-corrected chi connectivity index (χ3v) is 2.98. The van der Waals surface area contributed by atoms with Crippen LogP contribution in [-0.4, -0.2) is 39.4 Å². The molecule has 16 heavy (non-hydrogen) atoms. The van der Waals surface area contributed by atoms with Crippen LogP contribution in [0.2, 0.25) is 0 Å².